The molecule has 0 saturated heterocycles. The van der Waals surface area contributed by atoms with Crippen LogP contribution in [0.2, 0.25) is 0 Å². The van der Waals surface area contributed by atoms with Gasteiger partial charge in [0.1, 0.15) is 17.0 Å². The third-order valence-electron chi connectivity index (χ3n) is 4.56. The van der Waals surface area contributed by atoms with Gasteiger partial charge in [0.2, 0.25) is 5.78 Å². The third-order valence-corrected chi connectivity index (χ3v) is 4.56. The van der Waals surface area contributed by atoms with Crippen LogP contribution in [0.4, 0.5) is 0 Å². The topological polar surface area (TPSA) is 52.1 Å². The molecule has 4 nitrogen and oxygen atoms in total. The maximum Gasteiger partial charge on any atom is 0.212 e. The lowest BCUT2D eigenvalue weighted by molar-refractivity contribution is 0.103. The van der Waals surface area contributed by atoms with E-state index in [1.807, 2.05) is 48.5 Å². The number of hydrogen-bond donors (Lipinski definition) is 0. The molecule has 5 rings (SSSR count). The van der Waals surface area contributed by atoms with Crippen LogP contribution in [0.1, 0.15) is 16.1 Å². The maximum atomic E-state index is 12.8. The van der Waals surface area contributed by atoms with Gasteiger partial charge in [-0.05, 0) is 17.5 Å². The molecule has 114 valence electrons. The van der Waals surface area contributed by atoms with Gasteiger partial charge in [-0.2, -0.15) is 0 Å². The smallest absolute Gasteiger partial charge is 0.212 e. The van der Waals surface area contributed by atoms with E-state index in [4.69, 9.17) is 9.72 Å². The third kappa shape index (κ3) is 1.55. The molecule has 0 aliphatic heterocycles. The molecule has 0 spiro atoms. The number of pyridine rings is 2. The van der Waals surface area contributed by atoms with E-state index in [1.54, 1.807) is 13.3 Å². The van der Waals surface area contributed by atoms with Gasteiger partial charge in [-0.3, -0.25) is 9.78 Å². The fraction of sp³-hybridized carbons (Fsp3) is 0.0500. The van der Waals surface area contributed by atoms with Crippen molar-refractivity contribution < 1.29 is 9.53 Å². The van der Waals surface area contributed by atoms with Crippen LogP contribution < -0.4 is 4.74 Å². The average Bonchev–Trinajstić information content (AvgIpc) is 2.65. The molecular formula is C20H12N2O2. The molecule has 0 atom stereocenters. The number of ether oxygens (including phenoxy) is 1. The molecule has 2 aromatic heterocycles. The molecule has 0 amide bonds. The van der Waals surface area contributed by atoms with E-state index >= 15 is 0 Å². The predicted molar refractivity (Wildman–Crippen MR) is 92.5 cm³/mol. The zero-order chi connectivity index (χ0) is 16.3. The number of carbonyl (C=O) groups excluding carboxylic acids is 1. The van der Waals surface area contributed by atoms with Crippen molar-refractivity contribution in [1.29, 1.82) is 0 Å². The van der Waals surface area contributed by atoms with Crippen molar-refractivity contribution in [1.82, 2.24) is 9.97 Å². The molecule has 4 heteroatoms. The molecular weight excluding hydrogens is 300 g/mol. The van der Waals surface area contributed by atoms with Gasteiger partial charge in [0.15, 0.2) is 0 Å². The van der Waals surface area contributed by atoms with Crippen molar-refractivity contribution >= 4 is 27.5 Å². The van der Waals surface area contributed by atoms with Crippen LogP contribution in [0.5, 0.6) is 5.75 Å². The Morgan fingerprint density at radius 3 is 2.54 bits per heavy atom. The Bertz CT molecular complexity index is 1170. The summed E-state index contributed by atoms with van der Waals surface area (Å²) < 4.78 is 5.49. The maximum absolute atomic E-state index is 12.8. The summed E-state index contributed by atoms with van der Waals surface area (Å²) in [4.78, 5) is 22.0. The average molecular weight is 312 g/mol. The second-order valence-electron chi connectivity index (χ2n) is 5.77. The molecule has 0 bridgehead atoms. The summed E-state index contributed by atoms with van der Waals surface area (Å²) in [5, 5.41) is 2.76. The molecule has 1 aliphatic rings. The minimum atomic E-state index is -0.0484. The number of ketones is 1. The van der Waals surface area contributed by atoms with Crippen LogP contribution >= 0.6 is 0 Å². The minimum Gasteiger partial charge on any atom is -0.494 e. The van der Waals surface area contributed by atoms with Crippen LogP contribution in [0.3, 0.4) is 0 Å². The van der Waals surface area contributed by atoms with E-state index in [9.17, 15) is 4.79 Å². The number of rotatable bonds is 1. The van der Waals surface area contributed by atoms with Crippen molar-refractivity contribution in [3.63, 3.8) is 0 Å². The zero-order valence-corrected chi connectivity index (χ0v) is 12.9. The Morgan fingerprint density at radius 2 is 1.71 bits per heavy atom. The summed E-state index contributed by atoms with van der Waals surface area (Å²) in [5.41, 5.74) is 3.55. The summed E-state index contributed by atoms with van der Waals surface area (Å²) in [6.45, 7) is 0. The zero-order valence-electron chi connectivity index (χ0n) is 12.9. The van der Waals surface area contributed by atoms with Crippen LogP contribution in [-0.2, 0) is 0 Å². The first kappa shape index (κ1) is 13.2. The van der Waals surface area contributed by atoms with Crippen LogP contribution in [-0.4, -0.2) is 22.9 Å². The summed E-state index contributed by atoms with van der Waals surface area (Å²) in [6.07, 6.45) is 1.69. The summed E-state index contributed by atoms with van der Waals surface area (Å²) in [7, 11) is 1.64. The van der Waals surface area contributed by atoms with Gasteiger partial charge in [0.25, 0.3) is 0 Å². The van der Waals surface area contributed by atoms with Crippen molar-refractivity contribution in [3.05, 3.63) is 66.0 Å². The Labute approximate surface area is 137 Å². The summed E-state index contributed by atoms with van der Waals surface area (Å²) >= 11 is 0. The normalized spacial score (nSPS) is 12.5. The van der Waals surface area contributed by atoms with Crippen LogP contribution in [0.15, 0.2) is 54.7 Å². The first-order valence-corrected chi connectivity index (χ1v) is 7.69. The highest BCUT2D eigenvalue weighted by Gasteiger charge is 2.28. The molecule has 0 N–H and O–H groups in total. The molecule has 2 aromatic carbocycles. The lowest BCUT2D eigenvalue weighted by Crippen LogP contribution is -2.13. The molecule has 4 aromatic rings. The van der Waals surface area contributed by atoms with E-state index < -0.39 is 0 Å². The van der Waals surface area contributed by atoms with E-state index in [0.717, 1.165) is 38.7 Å². The van der Waals surface area contributed by atoms with E-state index in [2.05, 4.69) is 4.98 Å². The highest BCUT2D eigenvalue weighted by Crippen LogP contribution is 2.41. The number of fused-ring (bicyclic) bond motifs is 4. The monoisotopic (exact) mass is 312 g/mol. The van der Waals surface area contributed by atoms with E-state index in [-0.39, 0.29) is 5.78 Å². The number of carbonyl (C=O) groups is 1. The first-order chi connectivity index (χ1) is 11.8. The van der Waals surface area contributed by atoms with Gasteiger partial charge in [-0.25, -0.2) is 4.98 Å². The second kappa shape index (κ2) is 4.61. The molecule has 0 fully saturated rings. The predicted octanol–water partition coefficient (Wildman–Crippen LogP) is 4.00. The number of methoxy groups -OCH3 is 1. The van der Waals surface area contributed by atoms with E-state index in [1.165, 1.54) is 0 Å². The highest BCUT2D eigenvalue weighted by atomic mass is 16.5. The number of hydrogen-bond acceptors (Lipinski definition) is 4. The standard InChI is InChI=1S/C20H12N2O2/c1-24-15-8-4-7-12-11-9-10-21-19-16(11)18(22-17(12)15)13-5-2-3-6-14(13)20(19)23/h2-10H,1H3. The van der Waals surface area contributed by atoms with Gasteiger partial charge < -0.3 is 4.74 Å². The van der Waals surface area contributed by atoms with Gasteiger partial charge in [-0.1, -0.05) is 36.4 Å². The first-order valence-electron chi connectivity index (χ1n) is 7.69. The number of para-hydroxylation sites is 1. The number of nitrogens with zero attached hydrogens (tertiary/aromatic N) is 2. The van der Waals surface area contributed by atoms with Crippen molar-refractivity contribution in [2.75, 3.05) is 7.11 Å². The lowest BCUT2D eigenvalue weighted by Gasteiger charge is -2.19. The minimum absolute atomic E-state index is 0.0484. The fourth-order valence-electron chi connectivity index (χ4n) is 3.50. The Morgan fingerprint density at radius 1 is 0.875 bits per heavy atom. The summed E-state index contributed by atoms with van der Waals surface area (Å²) in [6, 6.07) is 15.3. The number of benzene rings is 2. The Kier molecular flexibility index (Phi) is 2.54. The van der Waals surface area contributed by atoms with Gasteiger partial charge in [0.05, 0.1) is 12.8 Å². The van der Waals surface area contributed by atoms with Crippen molar-refractivity contribution in [2.24, 2.45) is 0 Å². The van der Waals surface area contributed by atoms with Crippen molar-refractivity contribution in [3.8, 4) is 17.0 Å². The Hall–Kier alpha value is -3.27. The lowest BCUT2D eigenvalue weighted by atomic mass is 9.87. The quantitative estimate of drug-likeness (QED) is 0.439. The molecule has 0 unspecified atom stereocenters. The van der Waals surface area contributed by atoms with Gasteiger partial charge in [0, 0.05) is 28.1 Å². The summed E-state index contributed by atoms with van der Waals surface area (Å²) in [5.74, 6) is 0.672. The number of aromatic nitrogens is 2. The van der Waals surface area contributed by atoms with Crippen molar-refractivity contribution in [2.45, 2.75) is 0 Å². The van der Waals surface area contributed by atoms with Gasteiger partial charge in [-0.15, -0.1) is 0 Å². The fourth-order valence-corrected chi connectivity index (χ4v) is 3.50. The van der Waals surface area contributed by atoms with Gasteiger partial charge >= 0.3 is 0 Å². The molecule has 0 radical (unpaired) electrons. The van der Waals surface area contributed by atoms with E-state index in [0.29, 0.717) is 11.3 Å². The highest BCUT2D eigenvalue weighted by molar-refractivity contribution is 6.27. The second-order valence-corrected chi connectivity index (χ2v) is 5.77. The molecule has 0 saturated carbocycles. The Balaban J connectivity index is 2.08. The molecule has 24 heavy (non-hydrogen) atoms. The molecule has 1 aliphatic carbocycles. The van der Waals surface area contributed by atoms with Crippen LogP contribution in [0.25, 0.3) is 32.9 Å². The largest absolute Gasteiger partial charge is 0.494 e. The SMILES string of the molecule is COc1cccc2c1nc1c3c(nccc32)C(=O)c2ccccc2-1. The molecule has 2 heterocycles. The van der Waals surface area contributed by atoms with Crippen LogP contribution in [0, 0.1) is 0 Å².